The molecule has 1 aromatic carbocycles. The lowest BCUT2D eigenvalue weighted by molar-refractivity contribution is 0.0996. The van der Waals surface area contributed by atoms with E-state index in [1.807, 2.05) is 6.20 Å². The number of pyridine rings is 1. The number of benzene rings is 1. The summed E-state index contributed by atoms with van der Waals surface area (Å²) in [6, 6.07) is 12.2. The molecule has 2 bridgehead atoms. The van der Waals surface area contributed by atoms with E-state index in [-0.39, 0.29) is 11.7 Å². The van der Waals surface area contributed by atoms with Gasteiger partial charge in [-0.1, -0.05) is 30.3 Å². The van der Waals surface area contributed by atoms with E-state index in [4.69, 9.17) is 0 Å². The Kier molecular flexibility index (Phi) is 3.63. The van der Waals surface area contributed by atoms with Crippen molar-refractivity contribution in [3.8, 4) is 0 Å². The number of piperidine rings is 1. The maximum absolute atomic E-state index is 12.9. The minimum Gasteiger partial charge on any atom is -0.369 e. The summed E-state index contributed by atoms with van der Waals surface area (Å²) in [5.41, 5.74) is 4.58. The summed E-state index contributed by atoms with van der Waals surface area (Å²) in [4.78, 5) is 23.1. The Hall–Kier alpha value is -2.60. The molecule has 0 saturated carbocycles. The zero-order valence-electron chi connectivity index (χ0n) is 15.9. The number of H-pyrrole nitrogens is 1. The molecule has 144 valence electrons. The van der Waals surface area contributed by atoms with E-state index >= 15 is 0 Å². The molecule has 3 atom stereocenters. The van der Waals surface area contributed by atoms with E-state index < -0.39 is 0 Å². The van der Waals surface area contributed by atoms with Crippen LogP contribution in [0.5, 0.6) is 0 Å². The molecule has 6 heteroatoms. The molecule has 1 unspecified atom stereocenters. The molecule has 3 aliphatic heterocycles. The van der Waals surface area contributed by atoms with Crippen LogP contribution in [-0.2, 0) is 13.0 Å². The molecule has 0 spiro atoms. The van der Waals surface area contributed by atoms with Crippen molar-refractivity contribution in [3.05, 3.63) is 58.1 Å². The van der Waals surface area contributed by atoms with Crippen molar-refractivity contribution in [3.63, 3.8) is 0 Å². The molecular weight excluding hydrogens is 350 g/mol. The van der Waals surface area contributed by atoms with E-state index in [1.54, 1.807) is 0 Å². The lowest BCUT2D eigenvalue weighted by atomic mass is 9.96. The second-order valence-electron chi connectivity index (χ2n) is 8.49. The van der Waals surface area contributed by atoms with E-state index in [9.17, 15) is 4.79 Å². The fraction of sp³-hybridized carbons (Fsp3) is 0.455. The van der Waals surface area contributed by atoms with Crippen LogP contribution in [0.1, 0.15) is 42.9 Å². The molecule has 0 aliphatic carbocycles. The Morgan fingerprint density at radius 3 is 2.64 bits per heavy atom. The first-order valence-corrected chi connectivity index (χ1v) is 10.4. The summed E-state index contributed by atoms with van der Waals surface area (Å²) < 4.78 is 2.06. The fourth-order valence-corrected chi connectivity index (χ4v) is 5.74. The molecule has 2 saturated heterocycles. The number of rotatable bonds is 3. The number of nitrogens with zero attached hydrogens (tertiary/aromatic N) is 3. The molecule has 6 nitrogen and oxygen atoms in total. The maximum atomic E-state index is 12.9. The Morgan fingerprint density at radius 2 is 1.86 bits per heavy atom. The minimum absolute atomic E-state index is 0.0259. The largest absolute Gasteiger partial charge is 0.369 e. The van der Waals surface area contributed by atoms with Crippen LogP contribution in [0.25, 0.3) is 11.0 Å². The lowest BCUT2D eigenvalue weighted by Crippen LogP contribution is -2.44. The molecule has 3 aliphatic rings. The lowest BCUT2D eigenvalue weighted by Gasteiger charge is -2.39. The summed E-state index contributed by atoms with van der Waals surface area (Å²) in [6.45, 7) is 1.93. The number of nitrogens with one attached hydrogen (secondary N) is 2. The van der Waals surface area contributed by atoms with Crippen molar-refractivity contribution < 1.29 is 0 Å². The van der Waals surface area contributed by atoms with E-state index in [0.29, 0.717) is 12.1 Å². The van der Waals surface area contributed by atoms with Crippen molar-refractivity contribution in [2.45, 2.75) is 56.8 Å². The number of hydrogen-bond acceptors (Lipinski definition) is 4. The average Bonchev–Trinajstić information content (AvgIpc) is 3.36. The van der Waals surface area contributed by atoms with Gasteiger partial charge in [-0.15, -0.1) is 0 Å². The fourth-order valence-electron chi connectivity index (χ4n) is 5.74. The van der Waals surface area contributed by atoms with Gasteiger partial charge in [0.25, 0.3) is 0 Å². The SMILES string of the molecule is O=c1[nH]c2cnc3c(c2n1C1C[C@H]2CC[C@@H](C1)N2Cc1ccccc1)CCN3. The van der Waals surface area contributed by atoms with Crippen molar-refractivity contribution in [2.75, 3.05) is 11.9 Å². The molecule has 2 aromatic heterocycles. The molecule has 2 N–H and O–H groups in total. The average molecular weight is 375 g/mol. The highest BCUT2D eigenvalue weighted by Gasteiger charge is 2.42. The van der Waals surface area contributed by atoms with E-state index in [1.165, 1.54) is 24.0 Å². The van der Waals surface area contributed by atoms with E-state index in [2.05, 4.69) is 55.1 Å². The zero-order chi connectivity index (χ0) is 18.7. The highest BCUT2D eigenvalue weighted by molar-refractivity contribution is 5.83. The van der Waals surface area contributed by atoms with Gasteiger partial charge in [0, 0.05) is 36.8 Å². The highest BCUT2D eigenvalue weighted by atomic mass is 16.1. The number of aromatic nitrogens is 3. The monoisotopic (exact) mass is 375 g/mol. The van der Waals surface area contributed by atoms with Crippen LogP contribution in [0, 0.1) is 0 Å². The van der Waals surface area contributed by atoms with Gasteiger partial charge < -0.3 is 10.3 Å². The maximum Gasteiger partial charge on any atom is 0.326 e. The van der Waals surface area contributed by atoms with Gasteiger partial charge in [-0.2, -0.15) is 0 Å². The van der Waals surface area contributed by atoms with Crippen molar-refractivity contribution in [1.82, 2.24) is 19.4 Å². The van der Waals surface area contributed by atoms with Crippen LogP contribution in [0.4, 0.5) is 5.82 Å². The normalized spacial score (nSPS) is 26.5. The third-order valence-corrected chi connectivity index (χ3v) is 6.95. The third kappa shape index (κ3) is 2.44. The predicted molar refractivity (Wildman–Crippen MR) is 110 cm³/mol. The van der Waals surface area contributed by atoms with Crippen molar-refractivity contribution in [1.29, 1.82) is 0 Å². The molecule has 0 radical (unpaired) electrons. The summed E-state index contributed by atoms with van der Waals surface area (Å²) >= 11 is 0. The van der Waals surface area contributed by atoms with Crippen LogP contribution in [0.3, 0.4) is 0 Å². The van der Waals surface area contributed by atoms with Crippen LogP contribution < -0.4 is 11.0 Å². The van der Waals surface area contributed by atoms with Gasteiger partial charge in [0.15, 0.2) is 0 Å². The number of anilines is 1. The van der Waals surface area contributed by atoms with E-state index in [0.717, 1.165) is 49.2 Å². The smallest absolute Gasteiger partial charge is 0.326 e. The van der Waals surface area contributed by atoms with Gasteiger partial charge in [0.05, 0.1) is 17.2 Å². The molecule has 5 heterocycles. The highest BCUT2D eigenvalue weighted by Crippen LogP contribution is 2.42. The summed E-state index contributed by atoms with van der Waals surface area (Å²) in [5, 5.41) is 3.35. The zero-order valence-corrected chi connectivity index (χ0v) is 15.9. The minimum atomic E-state index is 0.0259. The topological polar surface area (TPSA) is 66.0 Å². The molecule has 28 heavy (non-hydrogen) atoms. The number of hydrogen-bond donors (Lipinski definition) is 2. The standard InChI is InChI=1S/C22H25N5O/c28-22-25-19-12-24-21-18(8-9-23-21)20(19)27(22)17-10-15-6-7-16(11-17)26(15)13-14-4-2-1-3-5-14/h1-5,12,15-17H,6-11,13H2,(H,23,24)(H,25,28)/t15-,16+,17?. The summed E-state index contributed by atoms with van der Waals surface area (Å²) in [7, 11) is 0. The van der Waals surface area contributed by atoms with Crippen molar-refractivity contribution >= 4 is 16.9 Å². The first kappa shape index (κ1) is 16.4. The van der Waals surface area contributed by atoms with Crippen LogP contribution in [0.15, 0.2) is 41.3 Å². The van der Waals surface area contributed by atoms with Gasteiger partial charge in [0.1, 0.15) is 5.82 Å². The first-order valence-electron chi connectivity index (χ1n) is 10.4. The molecular formula is C22H25N5O. The Labute approximate surface area is 163 Å². The molecule has 6 rings (SSSR count). The summed E-state index contributed by atoms with van der Waals surface area (Å²) in [6.07, 6.45) is 7.35. The Morgan fingerprint density at radius 1 is 1.07 bits per heavy atom. The molecule has 0 amide bonds. The number of imidazole rings is 1. The van der Waals surface area contributed by atoms with Gasteiger partial charge >= 0.3 is 5.69 Å². The quantitative estimate of drug-likeness (QED) is 0.738. The Balaban J connectivity index is 1.34. The second kappa shape index (κ2) is 6.21. The molecule has 3 aromatic rings. The van der Waals surface area contributed by atoms with Crippen LogP contribution >= 0.6 is 0 Å². The first-order chi connectivity index (χ1) is 13.8. The van der Waals surface area contributed by atoms with Gasteiger partial charge in [-0.3, -0.25) is 9.47 Å². The summed E-state index contributed by atoms with van der Waals surface area (Å²) in [5.74, 6) is 0.949. The van der Waals surface area contributed by atoms with Gasteiger partial charge in [-0.05, 0) is 37.7 Å². The predicted octanol–water partition coefficient (Wildman–Crippen LogP) is 3.06. The van der Waals surface area contributed by atoms with Crippen molar-refractivity contribution in [2.24, 2.45) is 0 Å². The van der Waals surface area contributed by atoms with Gasteiger partial charge in [0.2, 0.25) is 0 Å². The van der Waals surface area contributed by atoms with Gasteiger partial charge in [-0.25, -0.2) is 9.78 Å². The van der Waals surface area contributed by atoms with Crippen LogP contribution in [-0.4, -0.2) is 38.1 Å². The molecule has 2 fully saturated rings. The third-order valence-electron chi connectivity index (χ3n) is 6.95. The second-order valence-corrected chi connectivity index (χ2v) is 8.49. The van der Waals surface area contributed by atoms with Crippen LogP contribution in [0.2, 0.25) is 0 Å². The number of aromatic amines is 1. The Bertz CT molecular complexity index is 1070. The number of fused-ring (bicyclic) bond motifs is 5.